The van der Waals surface area contributed by atoms with Gasteiger partial charge < -0.3 is 25.3 Å². The van der Waals surface area contributed by atoms with Crippen LogP contribution in [0, 0.1) is 0 Å². The van der Waals surface area contributed by atoms with Crippen LogP contribution >= 0.6 is 0 Å². The van der Waals surface area contributed by atoms with Gasteiger partial charge in [0.05, 0.1) is 6.10 Å². The minimum absolute atomic E-state index is 0.183. The lowest BCUT2D eigenvalue weighted by Gasteiger charge is -2.16. The number of alkyl carbamates (subject to hydrolysis) is 1. The lowest BCUT2D eigenvalue weighted by atomic mass is 10.1. The number of hydrogen-bond acceptors (Lipinski definition) is 5. The lowest BCUT2D eigenvalue weighted by molar-refractivity contribution is 0.00892. The van der Waals surface area contributed by atoms with E-state index in [0.717, 1.165) is 5.56 Å². The van der Waals surface area contributed by atoms with Gasteiger partial charge in [-0.1, -0.05) is 30.3 Å². The molecule has 0 fully saturated rings. The molecule has 4 N–H and O–H groups in total. The predicted molar refractivity (Wildman–Crippen MR) is 78.8 cm³/mol. The summed E-state index contributed by atoms with van der Waals surface area (Å²) < 4.78 is 5.03. The summed E-state index contributed by atoms with van der Waals surface area (Å²) in [5, 5.41) is 22.1. The highest BCUT2D eigenvalue weighted by atomic mass is 16.5. The van der Waals surface area contributed by atoms with Crippen molar-refractivity contribution < 1.29 is 19.7 Å². The first kappa shape index (κ1) is 16.0. The van der Waals surface area contributed by atoms with Crippen molar-refractivity contribution >= 4 is 6.09 Å². The van der Waals surface area contributed by atoms with Gasteiger partial charge in [-0.05, 0) is 12.0 Å². The van der Waals surface area contributed by atoms with Gasteiger partial charge in [0.15, 0.2) is 0 Å². The van der Waals surface area contributed by atoms with Crippen molar-refractivity contribution in [3.05, 3.63) is 54.1 Å². The lowest BCUT2D eigenvalue weighted by Crippen LogP contribution is -2.30. The van der Waals surface area contributed by atoms with E-state index in [1.54, 1.807) is 6.20 Å². The normalized spacial score (nSPS) is 13.4. The maximum atomic E-state index is 11.5. The van der Waals surface area contributed by atoms with E-state index in [2.05, 4.69) is 15.3 Å². The Morgan fingerprint density at radius 2 is 2.09 bits per heavy atom. The van der Waals surface area contributed by atoms with Gasteiger partial charge in [-0.3, -0.25) is 0 Å². The van der Waals surface area contributed by atoms with Gasteiger partial charge in [0.2, 0.25) is 0 Å². The van der Waals surface area contributed by atoms with Crippen molar-refractivity contribution in [2.45, 2.75) is 25.2 Å². The second kappa shape index (κ2) is 8.16. The van der Waals surface area contributed by atoms with Crippen molar-refractivity contribution in [2.75, 3.05) is 6.54 Å². The number of aromatic amines is 1. The summed E-state index contributed by atoms with van der Waals surface area (Å²) in [6.07, 6.45) is 0.526. The first-order chi connectivity index (χ1) is 10.7. The van der Waals surface area contributed by atoms with E-state index in [1.807, 2.05) is 30.3 Å². The third kappa shape index (κ3) is 4.87. The van der Waals surface area contributed by atoms with Crippen molar-refractivity contribution in [1.82, 2.24) is 15.3 Å². The molecule has 7 nitrogen and oxygen atoms in total. The smallest absolute Gasteiger partial charge is 0.407 e. The Morgan fingerprint density at radius 1 is 1.32 bits per heavy atom. The number of aliphatic hydroxyl groups is 2. The van der Waals surface area contributed by atoms with E-state index in [-0.39, 0.29) is 19.6 Å². The van der Waals surface area contributed by atoms with Crippen molar-refractivity contribution in [2.24, 2.45) is 0 Å². The van der Waals surface area contributed by atoms with Gasteiger partial charge in [-0.2, -0.15) is 0 Å². The third-order valence-electron chi connectivity index (χ3n) is 3.09. The largest absolute Gasteiger partial charge is 0.445 e. The molecule has 1 heterocycles. The highest BCUT2D eigenvalue weighted by Gasteiger charge is 2.20. The molecule has 1 amide bonds. The SMILES string of the molecule is O=C(NCCC(O)C(O)c1ncc[nH]1)OCc1ccccc1. The fourth-order valence-electron chi connectivity index (χ4n) is 1.88. The molecule has 0 saturated heterocycles. The molecule has 22 heavy (non-hydrogen) atoms. The summed E-state index contributed by atoms with van der Waals surface area (Å²) in [4.78, 5) is 18.1. The van der Waals surface area contributed by atoms with E-state index >= 15 is 0 Å². The number of nitrogens with zero attached hydrogens (tertiary/aromatic N) is 1. The van der Waals surface area contributed by atoms with Crippen LogP contribution in [0.1, 0.15) is 23.9 Å². The Bertz CT molecular complexity index is 559. The molecule has 0 aliphatic heterocycles. The average Bonchev–Trinajstić information content (AvgIpc) is 3.07. The number of benzene rings is 1. The van der Waals surface area contributed by atoms with Gasteiger partial charge in [0.1, 0.15) is 18.5 Å². The maximum Gasteiger partial charge on any atom is 0.407 e. The number of nitrogens with one attached hydrogen (secondary N) is 2. The van der Waals surface area contributed by atoms with Crippen LogP contribution in [0.2, 0.25) is 0 Å². The first-order valence-electron chi connectivity index (χ1n) is 6.97. The zero-order valence-corrected chi connectivity index (χ0v) is 12.0. The average molecular weight is 305 g/mol. The standard InChI is InChI=1S/C15H19N3O4/c19-12(13(20)14-16-8-9-17-14)6-7-18-15(21)22-10-11-4-2-1-3-5-11/h1-5,8-9,12-13,19-20H,6-7,10H2,(H,16,17)(H,18,21). The number of aliphatic hydroxyl groups excluding tert-OH is 2. The minimum atomic E-state index is -1.11. The number of H-pyrrole nitrogens is 1. The van der Waals surface area contributed by atoms with E-state index in [4.69, 9.17) is 4.74 Å². The zero-order valence-electron chi connectivity index (χ0n) is 12.0. The molecule has 0 radical (unpaired) electrons. The molecule has 2 aromatic rings. The molecule has 2 unspecified atom stereocenters. The molecular weight excluding hydrogens is 286 g/mol. The Labute approximate surface area is 128 Å². The molecule has 7 heteroatoms. The van der Waals surface area contributed by atoms with Crippen LogP contribution in [0.25, 0.3) is 0 Å². The number of ether oxygens (including phenoxy) is 1. The van der Waals surface area contributed by atoms with Crippen LogP contribution in [0.5, 0.6) is 0 Å². The Morgan fingerprint density at radius 3 is 2.77 bits per heavy atom. The number of hydrogen-bond donors (Lipinski definition) is 4. The first-order valence-corrected chi connectivity index (χ1v) is 6.97. The van der Waals surface area contributed by atoms with Crippen LogP contribution in [-0.2, 0) is 11.3 Å². The van der Waals surface area contributed by atoms with Gasteiger partial charge in [-0.15, -0.1) is 0 Å². The second-order valence-electron chi connectivity index (χ2n) is 4.76. The summed E-state index contributed by atoms with van der Waals surface area (Å²) in [5.41, 5.74) is 0.894. The summed E-state index contributed by atoms with van der Waals surface area (Å²) in [6, 6.07) is 9.33. The highest BCUT2D eigenvalue weighted by Crippen LogP contribution is 2.14. The Hall–Kier alpha value is -2.38. The Balaban J connectivity index is 1.64. The molecular formula is C15H19N3O4. The van der Waals surface area contributed by atoms with E-state index in [9.17, 15) is 15.0 Å². The summed E-state index contributed by atoms with van der Waals surface area (Å²) in [5.74, 6) is 0.291. The fraction of sp³-hybridized carbons (Fsp3) is 0.333. The van der Waals surface area contributed by atoms with E-state index in [1.165, 1.54) is 6.20 Å². The van der Waals surface area contributed by atoms with Crippen LogP contribution in [0.4, 0.5) is 4.79 Å². The molecule has 2 rings (SSSR count). The van der Waals surface area contributed by atoms with E-state index in [0.29, 0.717) is 5.82 Å². The topological polar surface area (TPSA) is 107 Å². The number of carbonyl (C=O) groups excluding carboxylic acids is 1. The van der Waals surface area contributed by atoms with Gasteiger partial charge in [0, 0.05) is 18.9 Å². The van der Waals surface area contributed by atoms with E-state index < -0.39 is 18.3 Å². The van der Waals surface area contributed by atoms with Gasteiger partial charge in [-0.25, -0.2) is 9.78 Å². The number of imidazole rings is 1. The van der Waals surface area contributed by atoms with Crippen LogP contribution < -0.4 is 5.32 Å². The zero-order chi connectivity index (χ0) is 15.8. The molecule has 118 valence electrons. The highest BCUT2D eigenvalue weighted by molar-refractivity contribution is 5.67. The second-order valence-corrected chi connectivity index (χ2v) is 4.76. The fourth-order valence-corrected chi connectivity index (χ4v) is 1.88. The van der Waals surface area contributed by atoms with Crippen molar-refractivity contribution in [1.29, 1.82) is 0 Å². The number of amides is 1. The monoisotopic (exact) mass is 305 g/mol. The molecule has 0 bridgehead atoms. The minimum Gasteiger partial charge on any atom is -0.445 e. The summed E-state index contributed by atoms with van der Waals surface area (Å²) >= 11 is 0. The molecule has 1 aromatic carbocycles. The molecule has 0 aliphatic rings. The molecule has 2 atom stereocenters. The van der Waals surface area contributed by atoms with Crippen molar-refractivity contribution in [3.63, 3.8) is 0 Å². The molecule has 0 saturated carbocycles. The van der Waals surface area contributed by atoms with Gasteiger partial charge >= 0.3 is 6.09 Å². The van der Waals surface area contributed by atoms with Crippen molar-refractivity contribution in [3.8, 4) is 0 Å². The van der Waals surface area contributed by atoms with Crippen LogP contribution in [0.15, 0.2) is 42.7 Å². The number of carbonyl (C=O) groups is 1. The predicted octanol–water partition coefficient (Wildman–Crippen LogP) is 1.12. The molecule has 0 aliphatic carbocycles. The van der Waals surface area contributed by atoms with Crippen LogP contribution in [-0.4, -0.2) is 38.9 Å². The van der Waals surface area contributed by atoms with Crippen LogP contribution in [0.3, 0.4) is 0 Å². The quantitative estimate of drug-likeness (QED) is 0.613. The third-order valence-corrected chi connectivity index (χ3v) is 3.09. The molecule has 0 spiro atoms. The maximum absolute atomic E-state index is 11.5. The summed E-state index contributed by atoms with van der Waals surface area (Å²) in [7, 11) is 0. The summed E-state index contributed by atoms with van der Waals surface area (Å²) in [6.45, 7) is 0.372. The van der Waals surface area contributed by atoms with Gasteiger partial charge in [0.25, 0.3) is 0 Å². The number of aromatic nitrogens is 2. The number of rotatable bonds is 7. The Kier molecular flexibility index (Phi) is 5.93. The molecule has 1 aromatic heterocycles.